The van der Waals surface area contributed by atoms with Crippen LogP contribution in [0.25, 0.3) is 0 Å². The molecule has 2 nitrogen and oxygen atoms in total. The summed E-state index contributed by atoms with van der Waals surface area (Å²) in [6.07, 6.45) is 0.869. The first kappa shape index (κ1) is 15.8. The van der Waals surface area contributed by atoms with Gasteiger partial charge in [0.2, 0.25) is 0 Å². The summed E-state index contributed by atoms with van der Waals surface area (Å²) in [4.78, 5) is 11.9. The zero-order valence-corrected chi connectivity index (χ0v) is 13.4. The Balaban J connectivity index is 2.58. The highest BCUT2D eigenvalue weighted by Gasteiger charge is 2.14. The molecule has 0 saturated heterocycles. The molecule has 0 aliphatic rings. The van der Waals surface area contributed by atoms with Gasteiger partial charge in [0.1, 0.15) is 0 Å². The molecule has 0 heterocycles. The summed E-state index contributed by atoms with van der Waals surface area (Å²) in [6, 6.07) is 5.26. The molecular formula is C13H16BrCl2NO. The zero-order valence-electron chi connectivity index (χ0n) is 10.3. The van der Waals surface area contributed by atoms with Crippen molar-refractivity contribution in [2.24, 2.45) is 5.92 Å². The summed E-state index contributed by atoms with van der Waals surface area (Å²) in [6.45, 7) is 4.65. The number of benzene rings is 1. The summed E-state index contributed by atoms with van der Waals surface area (Å²) >= 11 is 15.5. The second-order valence-electron chi connectivity index (χ2n) is 4.54. The van der Waals surface area contributed by atoms with Crippen LogP contribution >= 0.6 is 39.1 Å². The second-order valence-corrected chi connectivity index (χ2v) is 6.39. The third-order valence-corrected chi connectivity index (χ3v) is 4.04. The van der Waals surface area contributed by atoms with E-state index in [1.165, 1.54) is 0 Å². The van der Waals surface area contributed by atoms with E-state index in [2.05, 4.69) is 35.1 Å². The number of hydrogen-bond acceptors (Lipinski definition) is 1. The van der Waals surface area contributed by atoms with Gasteiger partial charge in [-0.1, -0.05) is 31.5 Å². The number of hydrogen-bond donors (Lipinski definition) is 1. The lowest BCUT2D eigenvalue weighted by atomic mass is 10.1. The highest BCUT2D eigenvalue weighted by Crippen LogP contribution is 2.25. The first-order valence-electron chi connectivity index (χ1n) is 5.78. The van der Waals surface area contributed by atoms with E-state index in [-0.39, 0.29) is 11.3 Å². The highest BCUT2D eigenvalue weighted by molar-refractivity contribution is 9.10. The fourth-order valence-electron chi connectivity index (χ4n) is 1.57. The Morgan fingerprint density at radius 1 is 1.44 bits per heavy atom. The number of rotatable bonds is 5. The quantitative estimate of drug-likeness (QED) is 0.777. The van der Waals surface area contributed by atoms with Crippen LogP contribution < -0.4 is 5.32 Å². The molecular weight excluding hydrogens is 337 g/mol. The maximum absolute atomic E-state index is 11.9. The van der Waals surface area contributed by atoms with Crippen LogP contribution in [0.5, 0.6) is 0 Å². The lowest BCUT2D eigenvalue weighted by molar-refractivity contribution is 0.0953. The normalized spacial score (nSPS) is 12.6. The molecule has 0 aromatic heterocycles. The minimum Gasteiger partial charge on any atom is -0.351 e. The van der Waals surface area contributed by atoms with Crippen molar-refractivity contribution in [1.82, 2.24) is 5.32 Å². The monoisotopic (exact) mass is 351 g/mol. The topological polar surface area (TPSA) is 29.1 Å². The van der Waals surface area contributed by atoms with Crippen LogP contribution in [0.2, 0.25) is 5.02 Å². The number of carbonyl (C=O) groups is 1. The van der Waals surface area contributed by atoms with E-state index >= 15 is 0 Å². The maximum atomic E-state index is 11.9. The van der Waals surface area contributed by atoms with Crippen LogP contribution in [0, 0.1) is 5.92 Å². The van der Waals surface area contributed by atoms with Crippen molar-refractivity contribution < 1.29 is 4.79 Å². The van der Waals surface area contributed by atoms with E-state index < -0.39 is 0 Å². The third kappa shape index (κ3) is 4.79. The molecule has 18 heavy (non-hydrogen) atoms. The first-order chi connectivity index (χ1) is 8.41. The molecule has 5 heteroatoms. The molecule has 1 N–H and O–H groups in total. The SMILES string of the molecule is CC(C)CC(Cl)CNC(=O)c1cccc(Br)c1Cl. The van der Waals surface area contributed by atoms with Gasteiger partial charge in [0.15, 0.2) is 0 Å². The minimum atomic E-state index is -0.198. The maximum Gasteiger partial charge on any atom is 0.252 e. The van der Waals surface area contributed by atoms with E-state index in [1.54, 1.807) is 18.2 Å². The standard InChI is InChI=1S/C13H16BrCl2NO/c1-8(2)6-9(15)7-17-13(18)10-4-3-5-11(14)12(10)16/h3-5,8-9H,6-7H2,1-2H3,(H,17,18). The second kappa shape index (κ2) is 7.37. The van der Waals surface area contributed by atoms with E-state index in [9.17, 15) is 4.79 Å². The summed E-state index contributed by atoms with van der Waals surface area (Å²) in [5.41, 5.74) is 0.458. The van der Waals surface area contributed by atoms with Crippen LogP contribution in [0.15, 0.2) is 22.7 Å². The number of carbonyl (C=O) groups excluding carboxylic acids is 1. The molecule has 0 aliphatic carbocycles. The van der Waals surface area contributed by atoms with E-state index in [0.29, 0.717) is 27.5 Å². The van der Waals surface area contributed by atoms with Gasteiger partial charge in [0.05, 0.1) is 16.0 Å². The molecule has 0 fully saturated rings. The van der Waals surface area contributed by atoms with E-state index in [1.807, 2.05) is 0 Å². The molecule has 1 unspecified atom stereocenters. The van der Waals surface area contributed by atoms with Crippen molar-refractivity contribution in [1.29, 1.82) is 0 Å². The zero-order chi connectivity index (χ0) is 13.7. The molecule has 1 aromatic rings. The highest BCUT2D eigenvalue weighted by atomic mass is 79.9. The molecule has 0 bridgehead atoms. The number of alkyl halides is 1. The van der Waals surface area contributed by atoms with Crippen LogP contribution in [0.3, 0.4) is 0 Å². The van der Waals surface area contributed by atoms with Crippen LogP contribution in [0.4, 0.5) is 0 Å². The van der Waals surface area contributed by atoms with Crippen molar-refractivity contribution in [3.8, 4) is 0 Å². The smallest absolute Gasteiger partial charge is 0.252 e. The van der Waals surface area contributed by atoms with Crippen molar-refractivity contribution in [2.75, 3.05) is 6.54 Å². The van der Waals surface area contributed by atoms with Crippen molar-refractivity contribution in [3.05, 3.63) is 33.3 Å². The minimum absolute atomic E-state index is 0.0557. The van der Waals surface area contributed by atoms with Gasteiger partial charge in [-0.2, -0.15) is 0 Å². The lowest BCUT2D eigenvalue weighted by Gasteiger charge is -2.13. The van der Waals surface area contributed by atoms with Crippen molar-refractivity contribution >= 4 is 45.0 Å². The van der Waals surface area contributed by atoms with Crippen molar-refractivity contribution in [3.63, 3.8) is 0 Å². The number of nitrogens with one attached hydrogen (secondary N) is 1. The van der Waals surface area contributed by atoms with E-state index in [4.69, 9.17) is 23.2 Å². The van der Waals surface area contributed by atoms with Crippen molar-refractivity contribution in [2.45, 2.75) is 25.6 Å². The van der Waals surface area contributed by atoms with Gasteiger partial charge in [0.25, 0.3) is 5.91 Å². The number of amides is 1. The molecule has 1 amide bonds. The average Bonchev–Trinajstić information content (AvgIpc) is 2.29. The van der Waals surface area contributed by atoms with E-state index in [0.717, 1.165) is 6.42 Å². The Kier molecular flexibility index (Phi) is 6.47. The Labute approximate surface area is 126 Å². The predicted molar refractivity (Wildman–Crippen MR) is 80.6 cm³/mol. The Morgan fingerprint density at radius 2 is 2.11 bits per heavy atom. The third-order valence-electron chi connectivity index (χ3n) is 2.41. The van der Waals surface area contributed by atoms with Crippen LogP contribution in [0.1, 0.15) is 30.6 Å². The van der Waals surface area contributed by atoms with Gasteiger partial charge in [-0.25, -0.2) is 0 Å². The summed E-state index contributed by atoms with van der Waals surface area (Å²) in [5.74, 6) is 0.314. The molecule has 0 spiro atoms. The average molecular weight is 353 g/mol. The first-order valence-corrected chi connectivity index (χ1v) is 7.38. The molecule has 0 radical (unpaired) electrons. The lowest BCUT2D eigenvalue weighted by Crippen LogP contribution is -2.30. The van der Waals surface area contributed by atoms with Gasteiger partial charge in [-0.05, 0) is 40.4 Å². The van der Waals surface area contributed by atoms with Gasteiger partial charge in [-0.3, -0.25) is 4.79 Å². The largest absolute Gasteiger partial charge is 0.351 e. The molecule has 1 rings (SSSR count). The molecule has 1 aromatic carbocycles. The van der Waals surface area contributed by atoms with Crippen LogP contribution in [-0.2, 0) is 0 Å². The summed E-state index contributed by atoms with van der Waals surface area (Å²) in [5, 5.41) is 3.16. The van der Waals surface area contributed by atoms with Crippen LogP contribution in [-0.4, -0.2) is 17.8 Å². The molecule has 100 valence electrons. The predicted octanol–water partition coefficient (Wildman–Crippen LogP) is 4.49. The van der Waals surface area contributed by atoms with Gasteiger partial charge < -0.3 is 5.32 Å². The molecule has 0 saturated carbocycles. The Bertz CT molecular complexity index is 423. The Morgan fingerprint density at radius 3 is 2.72 bits per heavy atom. The molecule has 0 aliphatic heterocycles. The van der Waals surface area contributed by atoms with Gasteiger partial charge in [-0.15, -0.1) is 11.6 Å². The molecule has 1 atom stereocenters. The number of halogens is 3. The van der Waals surface area contributed by atoms with Gasteiger partial charge >= 0.3 is 0 Å². The fraction of sp³-hybridized carbons (Fsp3) is 0.462. The van der Waals surface area contributed by atoms with Gasteiger partial charge in [0, 0.05) is 11.0 Å². The summed E-state index contributed by atoms with van der Waals surface area (Å²) < 4.78 is 0.710. The Hall–Kier alpha value is -0.250. The summed E-state index contributed by atoms with van der Waals surface area (Å²) in [7, 11) is 0. The fourth-order valence-corrected chi connectivity index (χ4v) is 2.58.